The highest BCUT2D eigenvalue weighted by Crippen LogP contribution is 2.23. The van der Waals surface area contributed by atoms with E-state index >= 15 is 0 Å². The number of nitrogens with two attached hydrogens (primary N) is 1. The van der Waals surface area contributed by atoms with E-state index in [1.807, 2.05) is 43.5 Å². The zero-order valence-corrected chi connectivity index (χ0v) is 19.7. The van der Waals surface area contributed by atoms with Crippen LogP contribution >= 0.6 is 0 Å². The minimum Gasteiger partial charge on any atom is -0.481 e. The summed E-state index contributed by atoms with van der Waals surface area (Å²) >= 11 is 0. The normalized spacial score (nSPS) is 11.3. The van der Waals surface area contributed by atoms with Gasteiger partial charge >= 0.3 is 5.97 Å². The van der Waals surface area contributed by atoms with Crippen molar-refractivity contribution in [3.63, 3.8) is 0 Å². The van der Waals surface area contributed by atoms with Gasteiger partial charge in [0, 0.05) is 22.6 Å². The third-order valence-corrected chi connectivity index (χ3v) is 6.19. The van der Waals surface area contributed by atoms with Crippen molar-refractivity contribution in [1.29, 1.82) is 0 Å². The maximum absolute atomic E-state index is 12.7. The minimum atomic E-state index is -3.80. The van der Waals surface area contributed by atoms with Gasteiger partial charge in [-0.25, -0.2) is 18.4 Å². The van der Waals surface area contributed by atoms with Crippen molar-refractivity contribution in [3.8, 4) is 11.4 Å². The van der Waals surface area contributed by atoms with Crippen LogP contribution in [0.1, 0.15) is 32.9 Å². The average molecular weight is 471 g/mol. The fourth-order valence-electron chi connectivity index (χ4n) is 3.65. The van der Waals surface area contributed by atoms with Gasteiger partial charge in [-0.15, -0.1) is 0 Å². The first-order chi connectivity index (χ1) is 15.5. The average Bonchev–Trinajstić information content (AvgIpc) is 3.05. The van der Waals surface area contributed by atoms with Gasteiger partial charge in [-0.2, -0.15) is 0 Å². The second-order valence-corrected chi connectivity index (χ2v) is 9.31. The summed E-state index contributed by atoms with van der Waals surface area (Å²) < 4.78 is 35.4. The minimum absolute atomic E-state index is 0.0000312. The second kappa shape index (κ2) is 9.60. The molecule has 1 aromatic heterocycles. The summed E-state index contributed by atoms with van der Waals surface area (Å²) in [5, 5.41) is 5.15. The first kappa shape index (κ1) is 24.2. The molecular weight excluding hydrogens is 444 g/mol. The molecule has 1 heterocycles. The molecule has 0 fully saturated rings. The molecule has 0 saturated carbocycles. The number of sulfonamides is 1. The van der Waals surface area contributed by atoms with E-state index in [9.17, 15) is 18.0 Å². The number of rotatable bonds is 8. The van der Waals surface area contributed by atoms with E-state index in [0.29, 0.717) is 22.7 Å². The number of aromatic nitrogens is 1. The summed E-state index contributed by atoms with van der Waals surface area (Å²) in [4.78, 5) is 24.8. The summed E-state index contributed by atoms with van der Waals surface area (Å²) in [5.41, 5.74) is 4.31. The maximum Gasteiger partial charge on any atom is 0.344 e. The number of ketones is 1. The van der Waals surface area contributed by atoms with Gasteiger partial charge in [-0.05, 0) is 69.2 Å². The summed E-state index contributed by atoms with van der Waals surface area (Å²) in [6.07, 6.45) is 0. The number of carbonyl (C=O) groups is 2. The number of benzene rings is 2. The zero-order chi connectivity index (χ0) is 24.3. The Labute approximate surface area is 193 Å². The Balaban J connectivity index is 1.67. The lowest BCUT2D eigenvalue weighted by atomic mass is 10.1. The number of nitrogens with zero attached hydrogens (tertiary/aromatic N) is 1. The molecule has 0 aliphatic rings. The first-order valence-electron chi connectivity index (χ1n) is 10.2. The van der Waals surface area contributed by atoms with Crippen molar-refractivity contribution in [3.05, 3.63) is 76.6 Å². The highest BCUT2D eigenvalue weighted by Gasteiger charge is 2.19. The molecule has 0 bridgehead atoms. The van der Waals surface area contributed by atoms with Crippen LogP contribution in [0.5, 0.6) is 5.75 Å². The van der Waals surface area contributed by atoms with Crippen molar-refractivity contribution in [2.24, 2.45) is 5.14 Å². The summed E-state index contributed by atoms with van der Waals surface area (Å²) in [7, 11) is -3.80. The molecule has 0 radical (unpaired) electrons. The molecule has 0 atom stereocenters. The van der Waals surface area contributed by atoms with Gasteiger partial charge in [-0.1, -0.05) is 18.2 Å². The number of ether oxygens (including phenoxy) is 2. The largest absolute Gasteiger partial charge is 0.481 e. The standard InChI is InChI=1S/C24H26N2O6S/c1-15-6-5-7-16(2)24(15)32-14-23(28)31-13-22(27)21-12-17(3)26(18(21)4)19-8-10-20(11-9-19)33(25,29)30/h5-12H,13-14H2,1-4H3,(H2,25,29,30). The molecule has 33 heavy (non-hydrogen) atoms. The van der Waals surface area contributed by atoms with Crippen LogP contribution in [0, 0.1) is 27.7 Å². The van der Waals surface area contributed by atoms with Crippen LogP contribution in [0.25, 0.3) is 5.69 Å². The molecule has 2 N–H and O–H groups in total. The summed E-state index contributed by atoms with van der Waals surface area (Å²) in [6.45, 7) is 6.64. The molecule has 8 nitrogen and oxygen atoms in total. The molecule has 9 heteroatoms. The summed E-state index contributed by atoms with van der Waals surface area (Å²) in [6, 6.07) is 13.4. The maximum atomic E-state index is 12.7. The van der Waals surface area contributed by atoms with Gasteiger partial charge in [0.15, 0.2) is 13.2 Å². The Morgan fingerprint density at radius 1 is 0.939 bits per heavy atom. The van der Waals surface area contributed by atoms with E-state index in [-0.39, 0.29) is 17.3 Å². The summed E-state index contributed by atoms with van der Waals surface area (Å²) in [5.74, 6) is -0.368. The Morgan fingerprint density at radius 3 is 2.12 bits per heavy atom. The quantitative estimate of drug-likeness (QED) is 0.399. The van der Waals surface area contributed by atoms with Crippen LogP contribution in [0.2, 0.25) is 0 Å². The predicted molar refractivity (Wildman–Crippen MR) is 123 cm³/mol. The van der Waals surface area contributed by atoms with Gasteiger partial charge in [-0.3, -0.25) is 4.79 Å². The Morgan fingerprint density at radius 2 is 1.55 bits per heavy atom. The topological polar surface area (TPSA) is 118 Å². The first-order valence-corrected chi connectivity index (χ1v) is 11.7. The molecule has 0 unspecified atom stereocenters. The number of aryl methyl sites for hydroxylation is 3. The van der Waals surface area contributed by atoms with Crippen LogP contribution in [-0.4, -0.2) is 38.0 Å². The van der Waals surface area contributed by atoms with E-state index in [0.717, 1.165) is 16.8 Å². The zero-order valence-electron chi connectivity index (χ0n) is 18.9. The molecule has 0 spiro atoms. The smallest absolute Gasteiger partial charge is 0.344 e. The van der Waals surface area contributed by atoms with E-state index < -0.39 is 22.6 Å². The fourth-order valence-corrected chi connectivity index (χ4v) is 4.17. The third-order valence-electron chi connectivity index (χ3n) is 5.26. The molecule has 2 aromatic carbocycles. The molecule has 0 saturated heterocycles. The lowest BCUT2D eigenvalue weighted by Gasteiger charge is -2.12. The molecule has 3 rings (SSSR count). The van der Waals surface area contributed by atoms with Gasteiger partial charge in [0.2, 0.25) is 15.8 Å². The van der Waals surface area contributed by atoms with E-state index in [1.54, 1.807) is 25.1 Å². The number of hydrogen-bond acceptors (Lipinski definition) is 6. The molecule has 0 aliphatic carbocycles. The van der Waals surface area contributed by atoms with E-state index in [1.165, 1.54) is 12.1 Å². The molecule has 3 aromatic rings. The molecule has 0 amide bonds. The van der Waals surface area contributed by atoms with Gasteiger partial charge in [0.05, 0.1) is 4.90 Å². The third kappa shape index (κ3) is 5.50. The van der Waals surface area contributed by atoms with Crippen LogP contribution in [-0.2, 0) is 19.6 Å². The lowest BCUT2D eigenvalue weighted by Crippen LogP contribution is -2.20. The van der Waals surface area contributed by atoms with Crippen molar-refractivity contribution in [2.45, 2.75) is 32.6 Å². The predicted octanol–water partition coefficient (Wildman–Crippen LogP) is 3.16. The van der Waals surface area contributed by atoms with Gasteiger partial charge in [0.25, 0.3) is 0 Å². The highest BCUT2D eigenvalue weighted by atomic mass is 32.2. The van der Waals surface area contributed by atoms with Gasteiger partial charge in [0.1, 0.15) is 5.75 Å². The monoisotopic (exact) mass is 470 g/mol. The highest BCUT2D eigenvalue weighted by molar-refractivity contribution is 7.89. The number of hydrogen-bond donors (Lipinski definition) is 1. The van der Waals surface area contributed by atoms with Gasteiger partial charge < -0.3 is 14.0 Å². The van der Waals surface area contributed by atoms with Crippen LogP contribution < -0.4 is 9.88 Å². The Kier molecular flexibility index (Phi) is 7.04. The fraction of sp³-hybridized carbons (Fsp3) is 0.250. The van der Waals surface area contributed by atoms with Crippen molar-refractivity contribution >= 4 is 21.8 Å². The molecular formula is C24H26N2O6S. The van der Waals surface area contributed by atoms with E-state index in [2.05, 4.69) is 0 Å². The van der Waals surface area contributed by atoms with Crippen LogP contribution in [0.3, 0.4) is 0 Å². The van der Waals surface area contributed by atoms with Crippen LogP contribution in [0.15, 0.2) is 53.4 Å². The van der Waals surface area contributed by atoms with E-state index in [4.69, 9.17) is 14.6 Å². The Bertz CT molecular complexity index is 1290. The second-order valence-electron chi connectivity index (χ2n) is 7.75. The molecule has 0 aliphatic heterocycles. The Hall–Kier alpha value is -3.43. The van der Waals surface area contributed by atoms with Crippen molar-refractivity contribution in [2.75, 3.05) is 13.2 Å². The van der Waals surface area contributed by atoms with Crippen molar-refractivity contribution in [1.82, 2.24) is 4.57 Å². The SMILES string of the molecule is Cc1cccc(C)c1OCC(=O)OCC(=O)c1cc(C)n(-c2ccc(S(N)(=O)=O)cc2)c1C. The van der Waals surface area contributed by atoms with Crippen molar-refractivity contribution < 1.29 is 27.5 Å². The number of Topliss-reactive ketones (excluding diaryl/α,β-unsaturated/α-hetero) is 1. The number of carbonyl (C=O) groups excluding carboxylic acids is 2. The lowest BCUT2D eigenvalue weighted by molar-refractivity contribution is -0.144. The number of para-hydroxylation sites is 1. The number of esters is 1. The van der Waals surface area contributed by atoms with Crippen LogP contribution in [0.4, 0.5) is 0 Å². The number of primary sulfonamides is 1. The molecule has 174 valence electrons.